The van der Waals surface area contributed by atoms with Gasteiger partial charge < -0.3 is 67.6 Å². The summed E-state index contributed by atoms with van der Waals surface area (Å²) >= 11 is 0. The van der Waals surface area contributed by atoms with Crippen molar-refractivity contribution in [3.8, 4) is 16.9 Å². The number of aliphatic imine (C=N–C) groups is 1. The van der Waals surface area contributed by atoms with Gasteiger partial charge in [0, 0.05) is 80.8 Å². The summed E-state index contributed by atoms with van der Waals surface area (Å²) in [4.78, 5) is 38.2. The number of esters is 1. The van der Waals surface area contributed by atoms with Gasteiger partial charge in [-0.15, -0.1) is 0 Å². The SMILES string of the molecule is CCCN(CCC)C(=O)C1=Cc2ccc(-c3cncc(S(=O)(=O)N4CC(CN(C)CCOCCOCCOCCOCCOCCOCCOCCOCCOCCOCCC(=O)Oc5c(F)c(F)cc(F)c5F)C4)c3)cc2N=C(N)C1. The van der Waals surface area contributed by atoms with Crippen molar-refractivity contribution < 1.29 is 87.7 Å². The van der Waals surface area contributed by atoms with E-state index < -0.39 is 51.4 Å². The van der Waals surface area contributed by atoms with Crippen LogP contribution in [0.4, 0.5) is 23.2 Å². The fraction of sp³-hybridized carbons (Fsp3) is 0.607. The van der Waals surface area contributed by atoms with Gasteiger partial charge in [-0.05, 0) is 49.6 Å². The lowest BCUT2D eigenvalue weighted by Gasteiger charge is -2.39. The number of carbonyl (C=O) groups is 2. The number of hydrogen-bond acceptors (Lipinski definition) is 19. The van der Waals surface area contributed by atoms with Crippen LogP contribution in [0.1, 0.15) is 45.1 Å². The van der Waals surface area contributed by atoms with Crippen LogP contribution in [0.5, 0.6) is 5.75 Å². The van der Waals surface area contributed by atoms with Crippen LogP contribution in [0, 0.1) is 29.2 Å². The van der Waals surface area contributed by atoms with E-state index in [9.17, 15) is 35.6 Å². The first-order valence-corrected chi connectivity index (χ1v) is 29.1. The average molecular weight is 1190 g/mol. The minimum atomic E-state index is -3.76. The van der Waals surface area contributed by atoms with E-state index in [-0.39, 0.29) is 55.6 Å². The van der Waals surface area contributed by atoms with Crippen molar-refractivity contribution in [3.63, 3.8) is 0 Å². The largest absolute Gasteiger partial charge is 0.420 e. The van der Waals surface area contributed by atoms with E-state index in [1.807, 2.05) is 50.1 Å². The van der Waals surface area contributed by atoms with Crippen molar-refractivity contribution in [2.75, 3.05) is 178 Å². The van der Waals surface area contributed by atoms with E-state index >= 15 is 0 Å². The van der Waals surface area contributed by atoms with Crippen LogP contribution in [0.3, 0.4) is 0 Å². The summed E-state index contributed by atoms with van der Waals surface area (Å²) < 4.78 is 142. The maximum absolute atomic E-state index is 13.7. The van der Waals surface area contributed by atoms with Crippen LogP contribution in [-0.2, 0) is 67.0 Å². The molecule has 2 aliphatic rings. The van der Waals surface area contributed by atoms with Gasteiger partial charge in [0.25, 0.3) is 0 Å². The molecule has 82 heavy (non-hydrogen) atoms. The predicted octanol–water partition coefficient (Wildman–Crippen LogP) is 5.44. The van der Waals surface area contributed by atoms with Gasteiger partial charge in [0.1, 0.15) is 10.7 Å². The van der Waals surface area contributed by atoms with Gasteiger partial charge in [-0.25, -0.2) is 22.2 Å². The maximum Gasteiger partial charge on any atom is 0.313 e. The zero-order valence-electron chi connectivity index (χ0n) is 47.3. The number of benzene rings is 2. The number of fused-ring (bicyclic) bond motifs is 1. The van der Waals surface area contributed by atoms with Gasteiger partial charge in [-0.2, -0.15) is 13.1 Å². The number of carbonyl (C=O) groups excluding carboxylic acids is 2. The molecule has 26 heteroatoms. The topological polar surface area (TPSA) is 231 Å². The van der Waals surface area contributed by atoms with Crippen LogP contribution in [-0.4, -0.2) is 224 Å². The molecule has 5 rings (SSSR count). The Morgan fingerprint density at radius 1 is 0.634 bits per heavy atom. The molecule has 21 nitrogen and oxygen atoms in total. The Morgan fingerprint density at radius 2 is 1.11 bits per heavy atom. The fourth-order valence-corrected chi connectivity index (χ4v) is 9.84. The Bertz CT molecular complexity index is 2550. The Kier molecular flexibility index (Phi) is 31.4. The van der Waals surface area contributed by atoms with Crippen LogP contribution in [0.2, 0.25) is 0 Å². The number of amides is 1. The molecule has 0 aliphatic carbocycles. The number of hydrogen-bond donors (Lipinski definition) is 1. The Hall–Kier alpha value is -5.07. The number of nitrogens with zero attached hydrogens (tertiary/aromatic N) is 5. The molecule has 0 spiro atoms. The quantitative estimate of drug-likeness (QED) is 0.0244. The van der Waals surface area contributed by atoms with Crippen LogP contribution in [0.15, 0.2) is 58.2 Å². The molecule has 0 saturated carbocycles. The number of sulfonamides is 1. The number of halogens is 4. The molecule has 0 radical (unpaired) electrons. The van der Waals surface area contributed by atoms with Crippen molar-refractivity contribution in [1.29, 1.82) is 0 Å². The second-order valence-corrected chi connectivity index (χ2v) is 21.0. The third-order valence-corrected chi connectivity index (χ3v) is 14.2. The molecule has 1 aromatic heterocycles. The normalized spacial score (nSPS) is 13.9. The van der Waals surface area contributed by atoms with Crippen LogP contribution >= 0.6 is 0 Å². The molecule has 0 bridgehead atoms. The summed E-state index contributed by atoms with van der Waals surface area (Å²) in [6, 6.07) is 7.26. The molecule has 1 saturated heterocycles. The Morgan fingerprint density at radius 3 is 1.60 bits per heavy atom. The number of amidine groups is 1. The van der Waals surface area contributed by atoms with Crippen LogP contribution in [0.25, 0.3) is 17.2 Å². The predicted molar refractivity (Wildman–Crippen MR) is 295 cm³/mol. The minimum Gasteiger partial charge on any atom is -0.420 e. The van der Waals surface area contributed by atoms with Crippen molar-refractivity contribution >= 4 is 39.5 Å². The average Bonchev–Trinajstić information content (AvgIpc) is 3.70. The summed E-state index contributed by atoms with van der Waals surface area (Å²) in [7, 11) is -1.77. The summed E-state index contributed by atoms with van der Waals surface area (Å²) in [6.45, 7) is 14.8. The number of pyridine rings is 1. The fourth-order valence-electron chi connectivity index (χ4n) is 8.26. The van der Waals surface area contributed by atoms with E-state index in [0.717, 1.165) is 30.5 Å². The monoisotopic (exact) mass is 1180 g/mol. The van der Waals surface area contributed by atoms with Gasteiger partial charge in [-0.3, -0.25) is 14.6 Å². The van der Waals surface area contributed by atoms with Crippen molar-refractivity contribution in [3.05, 3.63) is 77.1 Å². The van der Waals surface area contributed by atoms with Gasteiger partial charge in [0.2, 0.25) is 33.3 Å². The molecule has 2 aliphatic heterocycles. The molecular formula is C56H80F4N6O15S. The minimum absolute atomic E-state index is 0.0148. The van der Waals surface area contributed by atoms with E-state index in [1.54, 1.807) is 12.3 Å². The Labute approximate surface area is 478 Å². The first-order chi connectivity index (χ1) is 39.7. The lowest BCUT2D eigenvalue weighted by Crippen LogP contribution is -2.53. The van der Waals surface area contributed by atoms with Crippen molar-refractivity contribution in [1.82, 2.24) is 19.1 Å². The van der Waals surface area contributed by atoms with E-state index in [2.05, 4.69) is 19.6 Å². The number of nitrogens with two attached hydrogens (primary N) is 1. The molecule has 1 amide bonds. The lowest BCUT2D eigenvalue weighted by molar-refractivity contribution is -0.136. The number of rotatable bonds is 44. The molecule has 2 N–H and O–H groups in total. The second-order valence-electron chi connectivity index (χ2n) is 19.0. The van der Waals surface area contributed by atoms with Gasteiger partial charge in [0.05, 0.1) is 144 Å². The third kappa shape index (κ3) is 23.9. The number of aromatic nitrogens is 1. The molecule has 458 valence electrons. The maximum atomic E-state index is 13.7. The lowest BCUT2D eigenvalue weighted by atomic mass is 10.0. The van der Waals surface area contributed by atoms with Gasteiger partial charge in [-0.1, -0.05) is 26.0 Å². The Balaban J connectivity index is 0.760. The first-order valence-electron chi connectivity index (χ1n) is 27.6. The van der Waals surface area contributed by atoms with E-state index in [0.29, 0.717) is 161 Å². The van der Waals surface area contributed by atoms with E-state index in [1.165, 1.54) is 10.5 Å². The standard InChI is InChI=1S/C56H80F4N6O15S/c1-4-9-65(10-5-2)56(68)45-32-44-7-6-43(34-50(44)63-51(61)35-45)46-33-47(38-62-37-46)82(69,70)66-40-42(41-66)39-64(3)11-13-72-15-17-74-19-21-76-23-25-78-27-29-80-31-30-79-28-26-77-24-22-75-20-18-73-16-14-71-12-8-52(67)81-55-53(59)48(57)36-49(58)54(55)60/h6-7,32-34,36-38,42H,4-5,8-31,35,39-41H2,1-3H3,(H2,61,63). The smallest absolute Gasteiger partial charge is 0.313 e. The molecule has 1 fully saturated rings. The summed E-state index contributed by atoms with van der Waals surface area (Å²) in [5, 5.41) is 0. The zero-order chi connectivity index (χ0) is 59.0. The highest BCUT2D eigenvalue weighted by Crippen LogP contribution is 2.34. The summed E-state index contributed by atoms with van der Waals surface area (Å²) in [5.41, 5.74) is 9.64. The van der Waals surface area contributed by atoms with Gasteiger partial charge >= 0.3 is 5.97 Å². The highest BCUT2D eigenvalue weighted by molar-refractivity contribution is 7.89. The highest BCUT2D eigenvalue weighted by atomic mass is 32.2. The first kappa shape index (κ1) is 67.7. The van der Waals surface area contributed by atoms with Crippen molar-refractivity contribution in [2.45, 2.75) is 44.4 Å². The molecule has 2 aromatic carbocycles. The van der Waals surface area contributed by atoms with Gasteiger partial charge in [0.15, 0.2) is 11.6 Å². The molecular weight excluding hydrogens is 1100 g/mol. The molecule has 0 unspecified atom stereocenters. The van der Waals surface area contributed by atoms with Crippen LogP contribution < -0.4 is 10.5 Å². The molecule has 3 aromatic rings. The van der Waals surface area contributed by atoms with E-state index in [4.69, 9.17) is 53.1 Å². The van der Waals surface area contributed by atoms with Crippen molar-refractivity contribution in [2.24, 2.45) is 16.6 Å². The summed E-state index contributed by atoms with van der Waals surface area (Å²) in [6.07, 6.45) is 6.42. The number of ether oxygens (including phenoxy) is 11. The third-order valence-electron chi connectivity index (χ3n) is 12.4. The molecule has 0 atom stereocenters. The second kappa shape index (κ2) is 38.0. The molecule has 3 heterocycles. The highest BCUT2D eigenvalue weighted by Gasteiger charge is 2.37. The summed E-state index contributed by atoms with van der Waals surface area (Å²) in [5.74, 6) is -9.04. The zero-order valence-corrected chi connectivity index (χ0v) is 48.1. The number of likely N-dealkylation sites (N-methyl/N-ethyl adjacent to an activating group) is 1.